The maximum absolute atomic E-state index is 14.0. The number of nitrogens with one attached hydrogen (secondary N) is 1. The molecule has 1 unspecified atom stereocenters. The lowest BCUT2D eigenvalue weighted by Gasteiger charge is -2.34. The standard InChI is InChI=1S/C14H21F2NO/c1-6-18-14(3,4)13(17-5)10-8-7-9(2)11(15)12(10)16/h7-8,13,17H,6H2,1-5H3. The highest BCUT2D eigenvalue weighted by molar-refractivity contribution is 5.29. The van der Waals surface area contributed by atoms with E-state index in [1.165, 1.54) is 0 Å². The summed E-state index contributed by atoms with van der Waals surface area (Å²) in [6, 6.07) is 2.78. The molecule has 4 heteroatoms. The van der Waals surface area contributed by atoms with Crippen molar-refractivity contribution in [1.82, 2.24) is 5.32 Å². The van der Waals surface area contributed by atoms with Gasteiger partial charge in [0.05, 0.1) is 11.6 Å². The van der Waals surface area contributed by atoms with Crippen LogP contribution < -0.4 is 5.32 Å². The number of hydrogen-bond acceptors (Lipinski definition) is 2. The Hall–Kier alpha value is -1.00. The molecular weight excluding hydrogens is 236 g/mol. The summed E-state index contributed by atoms with van der Waals surface area (Å²) >= 11 is 0. The number of aryl methyl sites for hydroxylation is 1. The summed E-state index contributed by atoms with van der Waals surface area (Å²) in [6.07, 6.45) is 0. The Morgan fingerprint density at radius 3 is 2.39 bits per heavy atom. The highest BCUT2D eigenvalue weighted by Crippen LogP contribution is 2.31. The van der Waals surface area contributed by atoms with Crippen molar-refractivity contribution in [1.29, 1.82) is 0 Å². The normalized spacial score (nSPS) is 13.7. The highest BCUT2D eigenvalue weighted by Gasteiger charge is 2.33. The van der Waals surface area contributed by atoms with Crippen LogP contribution >= 0.6 is 0 Å². The van der Waals surface area contributed by atoms with Crippen LogP contribution in [0.25, 0.3) is 0 Å². The van der Waals surface area contributed by atoms with Crippen molar-refractivity contribution in [2.45, 2.75) is 39.3 Å². The zero-order valence-corrected chi connectivity index (χ0v) is 11.6. The van der Waals surface area contributed by atoms with Crippen LogP contribution in [0.15, 0.2) is 12.1 Å². The van der Waals surface area contributed by atoms with Gasteiger partial charge < -0.3 is 10.1 Å². The lowest BCUT2D eigenvalue weighted by Crippen LogP contribution is -2.40. The summed E-state index contributed by atoms with van der Waals surface area (Å²) in [6.45, 7) is 7.65. The third-order valence-corrected chi connectivity index (χ3v) is 3.12. The average Bonchev–Trinajstić information content (AvgIpc) is 2.29. The Morgan fingerprint density at radius 2 is 1.89 bits per heavy atom. The molecule has 2 nitrogen and oxygen atoms in total. The van der Waals surface area contributed by atoms with Gasteiger partial charge in [0.15, 0.2) is 11.6 Å². The van der Waals surface area contributed by atoms with Gasteiger partial charge in [0.25, 0.3) is 0 Å². The number of hydrogen-bond donors (Lipinski definition) is 1. The Balaban J connectivity index is 3.22. The second-order valence-electron chi connectivity index (χ2n) is 4.86. The third-order valence-electron chi connectivity index (χ3n) is 3.12. The molecular formula is C14H21F2NO. The van der Waals surface area contributed by atoms with Crippen LogP contribution in [0.2, 0.25) is 0 Å². The minimum absolute atomic E-state index is 0.291. The molecule has 0 aromatic heterocycles. The predicted octanol–water partition coefficient (Wildman–Crippen LogP) is 3.35. The predicted molar refractivity (Wildman–Crippen MR) is 68.6 cm³/mol. The lowest BCUT2D eigenvalue weighted by atomic mass is 9.90. The molecule has 0 bridgehead atoms. The summed E-state index contributed by atoms with van der Waals surface area (Å²) in [5.74, 6) is -1.60. The van der Waals surface area contributed by atoms with Crippen LogP contribution in [0, 0.1) is 18.6 Å². The quantitative estimate of drug-likeness (QED) is 0.873. The molecule has 1 atom stereocenters. The van der Waals surface area contributed by atoms with Crippen molar-refractivity contribution < 1.29 is 13.5 Å². The first-order chi connectivity index (χ1) is 8.35. The van der Waals surface area contributed by atoms with Crippen LogP contribution in [-0.2, 0) is 4.74 Å². The highest BCUT2D eigenvalue weighted by atomic mass is 19.2. The molecule has 18 heavy (non-hydrogen) atoms. The van der Waals surface area contributed by atoms with Crippen LogP contribution in [0.4, 0.5) is 8.78 Å². The molecule has 0 aliphatic rings. The van der Waals surface area contributed by atoms with Gasteiger partial charge in [-0.25, -0.2) is 8.78 Å². The molecule has 0 aliphatic carbocycles. The van der Waals surface area contributed by atoms with Crippen LogP contribution in [0.1, 0.15) is 37.9 Å². The molecule has 0 spiro atoms. The first-order valence-corrected chi connectivity index (χ1v) is 6.10. The topological polar surface area (TPSA) is 21.3 Å². The number of benzene rings is 1. The Bertz CT molecular complexity index is 419. The third kappa shape index (κ3) is 2.87. The lowest BCUT2D eigenvalue weighted by molar-refractivity contribution is -0.0383. The van der Waals surface area contributed by atoms with E-state index in [2.05, 4.69) is 5.32 Å². The Morgan fingerprint density at radius 1 is 1.28 bits per heavy atom. The summed E-state index contributed by atoms with van der Waals surface area (Å²) in [4.78, 5) is 0. The fraction of sp³-hybridized carbons (Fsp3) is 0.571. The number of ether oxygens (including phenoxy) is 1. The van der Waals surface area contributed by atoms with Crippen molar-refractivity contribution in [3.63, 3.8) is 0 Å². The maximum atomic E-state index is 14.0. The second-order valence-corrected chi connectivity index (χ2v) is 4.86. The van der Waals surface area contributed by atoms with Gasteiger partial charge in [0, 0.05) is 12.2 Å². The van der Waals surface area contributed by atoms with Crippen molar-refractivity contribution in [3.05, 3.63) is 34.9 Å². The van der Waals surface area contributed by atoms with Crippen molar-refractivity contribution >= 4 is 0 Å². The molecule has 1 aromatic rings. The second kappa shape index (κ2) is 5.76. The van der Waals surface area contributed by atoms with Crippen molar-refractivity contribution in [3.8, 4) is 0 Å². The molecule has 1 rings (SSSR count). The van der Waals surface area contributed by atoms with E-state index in [0.29, 0.717) is 17.7 Å². The molecule has 0 saturated carbocycles. The van der Waals surface area contributed by atoms with Crippen LogP contribution in [0.3, 0.4) is 0 Å². The SMILES string of the molecule is CCOC(C)(C)C(NC)c1ccc(C)c(F)c1F. The van der Waals surface area contributed by atoms with E-state index in [9.17, 15) is 8.78 Å². The van der Waals surface area contributed by atoms with Gasteiger partial charge in [-0.3, -0.25) is 0 Å². The van der Waals surface area contributed by atoms with E-state index in [0.717, 1.165) is 0 Å². The first-order valence-electron chi connectivity index (χ1n) is 6.10. The van der Waals surface area contributed by atoms with E-state index in [1.54, 1.807) is 26.1 Å². The first kappa shape index (κ1) is 15.1. The zero-order valence-electron chi connectivity index (χ0n) is 11.6. The van der Waals surface area contributed by atoms with E-state index in [4.69, 9.17) is 4.74 Å². The summed E-state index contributed by atoms with van der Waals surface area (Å²) in [5, 5.41) is 3.00. The van der Waals surface area contributed by atoms with Crippen molar-refractivity contribution in [2.75, 3.05) is 13.7 Å². The molecule has 0 fully saturated rings. The van der Waals surface area contributed by atoms with Crippen molar-refractivity contribution in [2.24, 2.45) is 0 Å². The van der Waals surface area contributed by atoms with Gasteiger partial charge in [-0.05, 0) is 40.3 Å². The summed E-state index contributed by atoms with van der Waals surface area (Å²) < 4.78 is 33.2. The van der Waals surface area contributed by atoms with Crippen LogP contribution in [-0.4, -0.2) is 19.3 Å². The monoisotopic (exact) mass is 257 g/mol. The average molecular weight is 257 g/mol. The van der Waals surface area contributed by atoms with Gasteiger partial charge in [0.2, 0.25) is 0 Å². The number of rotatable bonds is 5. The summed E-state index contributed by atoms with van der Waals surface area (Å²) in [7, 11) is 1.71. The molecule has 0 heterocycles. The smallest absolute Gasteiger partial charge is 0.163 e. The van der Waals surface area contributed by atoms with E-state index in [1.807, 2.05) is 20.8 Å². The van der Waals surface area contributed by atoms with Gasteiger partial charge in [-0.2, -0.15) is 0 Å². The fourth-order valence-corrected chi connectivity index (χ4v) is 2.22. The minimum Gasteiger partial charge on any atom is -0.374 e. The van der Waals surface area contributed by atoms with Gasteiger partial charge in [-0.15, -0.1) is 0 Å². The molecule has 0 radical (unpaired) electrons. The maximum Gasteiger partial charge on any atom is 0.163 e. The molecule has 1 N–H and O–H groups in total. The largest absolute Gasteiger partial charge is 0.374 e. The minimum atomic E-state index is -0.804. The van der Waals surface area contributed by atoms with Gasteiger partial charge in [0.1, 0.15) is 0 Å². The van der Waals surface area contributed by atoms with Crippen LogP contribution in [0.5, 0.6) is 0 Å². The molecule has 102 valence electrons. The van der Waals surface area contributed by atoms with Gasteiger partial charge in [-0.1, -0.05) is 12.1 Å². The zero-order chi connectivity index (χ0) is 13.9. The molecule has 1 aromatic carbocycles. The molecule has 0 amide bonds. The van der Waals surface area contributed by atoms with Gasteiger partial charge >= 0.3 is 0 Å². The molecule has 0 saturated heterocycles. The van der Waals surface area contributed by atoms with E-state index >= 15 is 0 Å². The Labute approximate surface area is 107 Å². The van der Waals surface area contributed by atoms with E-state index < -0.39 is 23.3 Å². The number of likely N-dealkylation sites (N-methyl/N-ethyl adjacent to an activating group) is 1. The van der Waals surface area contributed by atoms with E-state index in [-0.39, 0.29) is 0 Å². The fourth-order valence-electron chi connectivity index (χ4n) is 2.22. The Kier molecular flexibility index (Phi) is 4.82. The summed E-state index contributed by atoms with van der Waals surface area (Å²) in [5.41, 5.74) is -0.0224. The number of halogens is 2. The molecule has 0 aliphatic heterocycles.